The third-order valence-electron chi connectivity index (χ3n) is 3.14. The van der Waals surface area contributed by atoms with Crippen molar-refractivity contribution >= 4 is 11.6 Å². The van der Waals surface area contributed by atoms with Gasteiger partial charge in [0.05, 0.1) is 26.3 Å². The van der Waals surface area contributed by atoms with Crippen LogP contribution in [0, 0.1) is 0 Å². The first-order chi connectivity index (χ1) is 10.2. The molecular weight excluding hydrogens is 290 g/mol. The molecule has 5 heteroatoms. The summed E-state index contributed by atoms with van der Waals surface area (Å²) in [5.41, 5.74) is 0.810. The van der Waals surface area contributed by atoms with Crippen LogP contribution < -0.4 is 14.8 Å². The van der Waals surface area contributed by atoms with Gasteiger partial charge >= 0.3 is 0 Å². The van der Waals surface area contributed by atoms with Gasteiger partial charge in [-0.05, 0) is 37.2 Å². The maximum absolute atomic E-state index is 6.27. The molecule has 1 aromatic carbocycles. The largest absolute Gasteiger partial charge is 0.495 e. The minimum Gasteiger partial charge on any atom is -0.495 e. The first kappa shape index (κ1) is 15.7. The highest BCUT2D eigenvalue weighted by molar-refractivity contribution is 6.34. The molecule has 21 heavy (non-hydrogen) atoms. The molecule has 0 aliphatic heterocycles. The van der Waals surface area contributed by atoms with Gasteiger partial charge in [-0.25, -0.2) is 0 Å². The smallest absolute Gasteiger partial charge is 0.152 e. The van der Waals surface area contributed by atoms with E-state index in [1.165, 1.54) is 0 Å². The molecule has 1 aromatic heterocycles. The van der Waals surface area contributed by atoms with Crippen LogP contribution in [0.3, 0.4) is 0 Å². The highest BCUT2D eigenvalue weighted by Crippen LogP contribution is 2.42. The van der Waals surface area contributed by atoms with Crippen molar-refractivity contribution in [2.75, 3.05) is 20.8 Å². The van der Waals surface area contributed by atoms with E-state index in [0.717, 1.165) is 30.0 Å². The Hall–Kier alpha value is -1.65. The Bertz CT molecular complexity index is 595. The lowest BCUT2D eigenvalue weighted by atomic mass is 10.1. The van der Waals surface area contributed by atoms with E-state index < -0.39 is 0 Å². The SMILES string of the molecule is CCCNCc1ccc(-c2ccc(OC)c(Cl)c2OC)o1. The quantitative estimate of drug-likeness (QED) is 0.781. The van der Waals surface area contributed by atoms with E-state index in [0.29, 0.717) is 23.1 Å². The summed E-state index contributed by atoms with van der Waals surface area (Å²) in [6.45, 7) is 3.80. The Kier molecular flexibility index (Phi) is 5.53. The molecule has 4 nitrogen and oxygen atoms in total. The van der Waals surface area contributed by atoms with Gasteiger partial charge in [0.15, 0.2) is 5.75 Å². The summed E-state index contributed by atoms with van der Waals surface area (Å²) >= 11 is 6.27. The monoisotopic (exact) mass is 309 g/mol. The fraction of sp³-hybridized carbons (Fsp3) is 0.375. The number of rotatable bonds is 7. The van der Waals surface area contributed by atoms with Crippen LogP contribution in [0.15, 0.2) is 28.7 Å². The van der Waals surface area contributed by atoms with Gasteiger partial charge in [-0.3, -0.25) is 0 Å². The van der Waals surface area contributed by atoms with Crippen molar-refractivity contribution in [1.82, 2.24) is 5.32 Å². The molecule has 0 saturated heterocycles. The molecule has 0 aliphatic carbocycles. The molecule has 1 heterocycles. The van der Waals surface area contributed by atoms with Gasteiger partial charge in [0.1, 0.15) is 22.3 Å². The van der Waals surface area contributed by atoms with Gasteiger partial charge in [0, 0.05) is 0 Å². The fourth-order valence-corrected chi connectivity index (χ4v) is 2.41. The molecule has 0 spiro atoms. The Morgan fingerprint density at radius 2 is 1.95 bits per heavy atom. The van der Waals surface area contributed by atoms with Crippen molar-refractivity contribution in [3.8, 4) is 22.8 Å². The second-order valence-electron chi connectivity index (χ2n) is 4.61. The summed E-state index contributed by atoms with van der Waals surface area (Å²) in [4.78, 5) is 0. The normalized spacial score (nSPS) is 10.7. The topological polar surface area (TPSA) is 43.6 Å². The molecule has 0 unspecified atom stereocenters. The van der Waals surface area contributed by atoms with Gasteiger partial charge in [-0.15, -0.1) is 0 Å². The summed E-state index contributed by atoms with van der Waals surface area (Å²) in [5.74, 6) is 2.74. The third kappa shape index (κ3) is 3.52. The molecule has 0 aliphatic rings. The van der Waals surface area contributed by atoms with E-state index >= 15 is 0 Å². The van der Waals surface area contributed by atoms with Crippen LogP contribution in [-0.4, -0.2) is 20.8 Å². The molecule has 0 radical (unpaired) electrons. The van der Waals surface area contributed by atoms with E-state index in [2.05, 4.69) is 12.2 Å². The van der Waals surface area contributed by atoms with Crippen LogP contribution >= 0.6 is 11.6 Å². The summed E-state index contributed by atoms with van der Waals surface area (Å²) < 4.78 is 16.4. The zero-order chi connectivity index (χ0) is 15.2. The van der Waals surface area contributed by atoms with Crippen molar-refractivity contribution < 1.29 is 13.9 Å². The zero-order valence-corrected chi connectivity index (χ0v) is 13.3. The van der Waals surface area contributed by atoms with Crippen LogP contribution in [0.25, 0.3) is 11.3 Å². The van der Waals surface area contributed by atoms with E-state index in [9.17, 15) is 0 Å². The van der Waals surface area contributed by atoms with Crippen LogP contribution in [0.4, 0.5) is 0 Å². The minimum absolute atomic E-state index is 0.444. The number of methoxy groups -OCH3 is 2. The van der Waals surface area contributed by atoms with Gasteiger partial charge in [-0.1, -0.05) is 18.5 Å². The van der Waals surface area contributed by atoms with E-state index in [1.807, 2.05) is 18.2 Å². The summed E-state index contributed by atoms with van der Waals surface area (Å²) in [6.07, 6.45) is 1.09. The number of nitrogens with one attached hydrogen (secondary N) is 1. The van der Waals surface area contributed by atoms with E-state index in [1.54, 1.807) is 20.3 Å². The standard InChI is InChI=1S/C16H20ClNO3/c1-4-9-18-10-11-5-7-13(21-11)12-6-8-14(19-2)15(17)16(12)20-3/h5-8,18H,4,9-10H2,1-3H3. The highest BCUT2D eigenvalue weighted by Gasteiger charge is 2.17. The van der Waals surface area contributed by atoms with Gasteiger partial charge in [0.2, 0.25) is 0 Å². The molecule has 0 bridgehead atoms. The van der Waals surface area contributed by atoms with Crippen molar-refractivity contribution in [2.24, 2.45) is 0 Å². The van der Waals surface area contributed by atoms with Gasteiger partial charge in [-0.2, -0.15) is 0 Å². The Balaban J connectivity index is 2.27. The second-order valence-corrected chi connectivity index (χ2v) is 4.98. The van der Waals surface area contributed by atoms with Crippen LogP contribution in [-0.2, 0) is 6.54 Å². The van der Waals surface area contributed by atoms with Gasteiger partial charge in [0.25, 0.3) is 0 Å². The van der Waals surface area contributed by atoms with Crippen molar-refractivity contribution in [2.45, 2.75) is 19.9 Å². The predicted octanol–water partition coefficient (Wildman–Crippen LogP) is 4.12. The lowest BCUT2D eigenvalue weighted by Crippen LogP contribution is -2.12. The Labute approximate surface area is 130 Å². The van der Waals surface area contributed by atoms with Crippen molar-refractivity contribution in [3.63, 3.8) is 0 Å². The summed E-state index contributed by atoms with van der Waals surface area (Å²) in [5, 5.41) is 3.75. The average Bonchev–Trinajstić information content (AvgIpc) is 2.96. The molecule has 0 atom stereocenters. The number of furan rings is 1. The maximum Gasteiger partial charge on any atom is 0.152 e. The molecule has 0 saturated carbocycles. The fourth-order valence-electron chi connectivity index (χ4n) is 2.10. The van der Waals surface area contributed by atoms with Crippen molar-refractivity contribution in [3.05, 3.63) is 35.0 Å². The van der Waals surface area contributed by atoms with Crippen LogP contribution in [0.1, 0.15) is 19.1 Å². The van der Waals surface area contributed by atoms with E-state index in [-0.39, 0.29) is 0 Å². The lowest BCUT2D eigenvalue weighted by Gasteiger charge is -2.11. The van der Waals surface area contributed by atoms with Gasteiger partial charge < -0.3 is 19.2 Å². The Morgan fingerprint density at radius 1 is 1.14 bits per heavy atom. The molecule has 0 amide bonds. The maximum atomic E-state index is 6.27. The molecular formula is C16H20ClNO3. The lowest BCUT2D eigenvalue weighted by molar-refractivity contribution is 0.394. The number of benzene rings is 1. The number of ether oxygens (including phenoxy) is 2. The predicted molar refractivity (Wildman–Crippen MR) is 84.3 cm³/mol. The number of hydrogen-bond donors (Lipinski definition) is 1. The first-order valence-corrected chi connectivity index (χ1v) is 7.29. The molecule has 0 fully saturated rings. The third-order valence-corrected chi connectivity index (χ3v) is 3.50. The van der Waals surface area contributed by atoms with E-state index in [4.69, 9.17) is 25.5 Å². The average molecular weight is 310 g/mol. The van der Waals surface area contributed by atoms with Crippen molar-refractivity contribution in [1.29, 1.82) is 0 Å². The van der Waals surface area contributed by atoms with Crippen LogP contribution in [0.5, 0.6) is 11.5 Å². The first-order valence-electron chi connectivity index (χ1n) is 6.91. The summed E-state index contributed by atoms with van der Waals surface area (Å²) in [7, 11) is 3.15. The Morgan fingerprint density at radius 3 is 2.62 bits per heavy atom. The number of halogens is 1. The molecule has 114 valence electrons. The highest BCUT2D eigenvalue weighted by atomic mass is 35.5. The summed E-state index contributed by atoms with van der Waals surface area (Å²) in [6, 6.07) is 7.56. The molecule has 2 aromatic rings. The number of hydrogen-bond acceptors (Lipinski definition) is 4. The second kappa shape index (κ2) is 7.38. The molecule has 2 rings (SSSR count). The minimum atomic E-state index is 0.444. The van der Waals surface area contributed by atoms with Crippen LogP contribution in [0.2, 0.25) is 5.02 Å². The molecule has 1 N–H and O–H groups in total. The zero-order valence-electron chi connectivity index (χ0n) is 12.5.